The summed E-state index contributed by atoms with van der Waals surface area (Å²) >= 11 is 0. The van der Waals surface area contributed by atoms with Gasteiger partial charge in [0.25, 0.3) is 5.91 Å². The van der Waals surface area contributed by atoms with Gasteiger partial charge in [0.1, 0.15) is 6.54 Å². The van der Waals surface area contributed by atoms with Crippen LogP contribution in [0.3, 0.4) is 0 Å². The van der Waals surface area contributed by atoms with Gasteiger partial charge in [-0.3, -0.25) is 14.4 Å². The Morgan fingerprint density at radius 2 is 1.85 bits per heavy atom. The van der Waals surface area contributed by atoms with Crippen LogP contribution in [0, 0.1) is 6.92 Å². The van der Waals surface area contributed by atoms with Crippen molar-refractivity contribution in [3.63, 3.8) is 0 Å². The van der Waals surface area contributed by atoms with E-state index in [1.54, 1.807) is 41.1 Å². The smallest absolute Gasteiger partial charge is 0.251 e. The summed E-state index contributed by atoms with van der Waals surface area (Å²) in [4.78, 5) is 36.5. The van der Waals surface area contributed by atoms with E-state index in [9.17, 15) is 14.4 Å². The largest absolute Gasteiger partial charge is 0.352 e. The molecule has 6 heteroatoms. The summed E-state index contributed by atoms with van der Waals surface area (Å²) in [5, 5.41) is 6.17. The molecule has 3 rings (SSSR count). The summed E-state index contributed by atoms with van der Waals surface area (Å²) in [6.45, 7) is 4.31. The van der Waals surface area contributed by atoms with Crippen molar-refractivity contribution in [3.8, 4) is 0 Å². The van der Waals surface area contributed by atoms with Crippen LogP contribution < -0.4 is 16.1 Å². The van der Waals surface area contributed by atoms with Gasteiger partial charge in [-0.25, -0.2) is 0 Å². The number of carbonyl (C=O) groups excluding carboxylic acids is 2. The second-order valence-corrected chi connectivity index (χ2v) is 6.26. The van der Waals surface area contributed by atoms with Gasteiger partial charge in [-0.05, 0) is 43.7 Å². The Bertz CT molecular complexity index is 1070. The highest BCUT2D eigenvalue weighted by atomic mass is 16.2. The van der Waals surface area contributed by atoms with Crippen molar-refractivity contribution in [2.75, 3.05) is 11.9 Å². The van der Waals surface area contributed by atoms with Gasteiger partial charge in [0, 0.05) is 35.4 Å². The first-order chi connectivity index (χ1) is 13.0. The molecule has 0 aliphatic heterocycles. The molecule has 2 aromatic carbocycles. The lowest BCUT2D eigenvalue weighted by Crippen LogP contribution is -2.24. The first-order valence-electron chi connectivity index (χ1n) is 8.76. The SMILES string of the molecule is CCNC(=O)c1ccc(C)c(NC(=O)Cn2ccc(=O)c3ccccc32)c1. The number of aryl methyl sites for hydroxylation is 1. The fraction of sp³-hybridized carbons (Fsp3) is 0.190. The molecular formula is C21H21N3O3. The molecule has 0 atom stereocenters. The Kier molecular flexibility index (Phi) is 5.35. The van der Waals surface area contributed by atoms with Crippen molar-refractivity contribution in [1.29, 1.82) is 0 Å². The maximum Gasteiger partial charge on any atom is 0.251 e. The van der Waals surface area contributed by atoms with Crippen molar-refractivity contribution >= 4 is 28.4 Å². The monoisotopic (exact) mass is 363 g/mol. The van der Waals surface area contributed by atoms with Gasteiger partial charge in [-0.1, -0.05) is 18.2 Å². The topological polar surface area (TPSA) is 80.2 Å². The summed E-state index contributed by atoms with van der Waals surface area (Å²) in [6, 6.07) is 13.8. The molecule has 138 valence electrons. The van der Waals surface area contributed by atoms with E-state index >= 15 is 0 Å². The highest BCUT2D eigenvalue weighted by molar-refractivity contribution is 5.98. The second-order valence-electron chi connectivity index (χ2n) is 6.26. The molecule has 0 aliphatic carbocycles. The molecule has 2 N–H and O–H groups in total. The molecule has 0 bridgehead atoms. The normalized spacial score (nSPS) is 10.6. The quantitative estimate of drug-likeness (QED) is 0.731. The van der Waals surface area contributed by atoms with Crippen LogP contribution in [0.1, 0.15) is 22.8 Å². The molecule has 3 aromatic rings. The van der Waals surface area contributed by atoms with Gasteiger partial charge in [-0.15, -0.1) is 0 Å². The summed E-state index contributed by atoms with van der Waals surface area (Å²) < 4.78 is 1.73. The van der Waals surface area contributed by atoms with Crippen LogP contribution in [0.5, 0.6) is 0 Å². The molecule has 0 saturated heterocycles. The predicted molar refractivity (Wildman–Crippen MR) is 106 cm³/mol. The van der Waals surface area contributed by atoms with Gasteiger partial charge in [0.15, 0.2) is 5.43 Å². The van der Waals surface area contributed by atoms with E-state index < -0.39 is 0 Å². The zero-order valence-corrected chi connectivity index (χ0v) is 15.3. The molecule has 0 saturated carbocycles. The van der Waals surface area contributed by atoms with E-state index in [1.165, 1.54) is 6.07 Å². The van der Waals surface area contributed by atoms with Crippen molar-refractivity contribution in [3.05, 3.63) is 76.1 Å². The Hall–Kier alpha value is -3.41. The number of pyridine rings is 1. The number of amides is 2. The number of rotatable bonds is 5. The minimum absolute atomic E-state index is 0.0611. The van der Waals surface area contributed by atoms with Crippen LogP contribution in [0.4, 0.5) is 5.69 Å². The third kappa shape index (κ3) is 4.06. The Morgan fingerprint density at radius 3 is 2.63 bits per heavy atom. The first-order valence-corrected chi connectivity index (χ1v) is 8.76. The highest BCUT2D eigenvalue weighted by Gasteiger charge is 2.11. The van der Waals surface area contributed by atoms with Crippen LogP contribution in [0.2, 0.25) is 0 Å². The zero-order chi connectivity index (χ0) is 19.4. The average Bonchev–Trinajstić information content (AvgIpc) is 2.66. The number of hydrogen-bond donors (Lipinski definition) is 2. The Morgan fingerprint density at radius 1 is 1.07 bits per heavy atom. The van der Waals surface area contributed by atoms with Crippen LogP contribution in [-0.2, 0) is 11.3 Å². The molecule has 27 heavy (non-hydrogen) atoms. The van der Waals surface area contributed by atoms with Gasteiger partial charge >= 0.3 is 0 Å². The number of para-hydroxylation sites is 1. The van der Waals surface area contributed by atoms with Gasteiger partial charge in [-0.2, -0.15) is 0 Å². The van der Waals surface area contributed by atoms with Gasteiger partial charge in [0.05, 0.1) is 5.52 Å². The van der Waals surface area contributed by atoms with E-state index in [-0.39, 0.29) is 23.8 Å². The molecule has 0 spiro atoms. The van der Waals surface area contributed by atoms with E-state index in [0.717, 1.165) is 5.56 Å². The lowest BCUT2D eigenvalue weighted by molar-refractivity contribution is -0.116. The average molecular weight is 363 g/mol. The number of fused-ring (bicyclic) bond motifs is 1. The van der Waals surface area contributed by atoms with E-state index in [4.69, 9.17) is 0 Å². The highest BCUT2D eigenvalue weighted by Crippen LogP contribution is 2.17. The maximum atomic E-state index is 12.6. The number of hydrogen-bond acceptors (Lipinski definition) is 3. The third-order valence-electron chi connectivity index (χ3n) is 4.31. The molecule has 0 radical (unpaired) electrons. The zero-order valence-electron chi connectivity index (χ0n) is 15.3. The summed E-state index contributed by atoms with van der Waals surface area (Å²) in [6.07, 6.45) is 1.61. The molecule has 1 aromatic heterocycles. The standard InChI is InChI=1S/C21H21N3O3/c1-3-22-21(27)15-9-8-14(2)17(12-15)23-20(26)13-24-11-10-19(25)16-6-4-5-7-18(16)24/h4-12H,3,13H2,1-2H3,(H,22,27)(H,23,26). The third-order valence-corrected chi connectivity index (χ3v) is 4.31. The summed E-state index contributed by atoms with van der Waals surface area (Å²) in [7, 11) is 0. The maximum absolute atomic E-state index is 12.6. The summed E-state index contributed by atoms with van der Waals surface area (Å²) in [5.74, 6) is -0.417. The lowest BCUT2D eigenvalue weighted by atomic mass is 10.1. The molecule has 0 fully saturated rings. The molecule has 1 heterocycles. The van der Waals surface area contributed by atoms with Crippen molar-refractivity contribution in [1.82, 2.24) is 9.88 Å². The minimum atomic E-state index is -0.236. The molecule has 2 amide bonds. The van der Waals surface area contributed by atoms with E-state index in [2.05, 4.69) is 10.6 Å². The predicted octanol–water partition coefficient (Wildman–Crippen LogP) is 2.70. The van der Waals surface area contributed by atoms with Crippen LogP contribution in [0.15, 0.2) is 59.5 Å². The number of aromatic nitrogens is 1. The van der Waals surface area contributed by atoms with Crippen molar-refractivity contribution < 1.29 is 9.59 Å². The van der Waals surface area contributed by atoms with E-state index in [0.29, 0.717) is 28.7 Å². The fourth-order valence-electron chi connectivity index (χ4n) is 2.90. The molecular weight excluding hydrogens is 342 g/mol. The number of benzene rings is 2. The summed E-state index contributed by atoms with van der Waals surface area (Å²) in [5.41, 5.74) is 2.57. The number of nitrogens with zero attached hydrogens (tertiary/aromatic N) is 1. The Labute approximate surface area is 156 Å². The number of nitrogens with one attached hydrogen (secondary N) is 2. The number of carbonyl (C=O) groups is 2. The molecule has 0 aliphatic rings. The van der Waals surface area contributed by atoms with Crippen molar-refractivity contribution in [2.24, 2.45) is 0 Å². The minimum Gasteiger partial charge on any atom is -0.352 e. The van der Waals surface area contributed by atoms with Gasteiger partial charge < -0.3 is 15.2 Å². The van der Waals surface area contributed by atoms with Gasteiger partial charge in [0.2, 0.25) is 5.91 Å². The van der Waals surface area contributed by atoms with E-state index in [1.807, 2.05) is 26.0 Å². The van der Waals surface area contributed by atoms with Crippen molar-refractivity contribution in [2.45, 2.75) is 20.4 Å². The van der Waals surface area contributed by atoms with Crippen LogP contribution in [0.25, 0.3) is 10.9 Å². The second kappa shape index (κ2) is 7.86. The number of anilines is 1. The van der Waals surface area contributed by atoms with Crippen LogP contribution in [-0.4, -0.2) is 22.9 Å². The molecule has 6 nitrogen and oxygen atoms in total. The van der Waals surface area contributed by atoms with Crippen LogP contribution >= 0.6 is 0 Å². The lowest BCUT2D eigenvalue weighted by Gasteiger charge is -2.13. The Balaban J connectivity index is 1.83. The molecule has 0 unspecified atom stereocenters. The first kappa shape index (κ1) is 18.4. The fourth-order valence-corrected chi connectivity index (χ4v) is 2.90.